The summed E-state index contributed by atoms with van der Waals surface area (Å²) in [7, 11) is 1.58. The summed E-state index contributed by atoms with van der Waals surface area (Å²) in [6, 6.07) is 13.2. The smallest absolute Gasteiger partial charge is 0.262 e. The van der Waals surface area contributed by atoms with Gasteiger partial charge in [0, 0.05) is 9.26 Å². The number of ether oxygens (including phenoxy) is 2. The number of methoxy groups -OCH3 is 1. The van der Waals surface area contributed by atoms with Crippen LogP contribution in [0.2, 0.25) is 0 Å². The van der Waals surface area contributed by atoms with Crippen molar-refractivity contribution in [1.29, 1.82) is 0 Å². The number of nitrogens with one attached hydrogen (secondary N) is 1. The third kappa shape index (κ3) is 5.28. The van der Waals surface area contributed by atoms with Gasteiger partial charge in [0.2, 0.25) is 0 Å². The van der Waals surface area contributed by atoms with E-state index in [4.69, 9.17) is 9.47 Å². The van der Waals surface area contributed by atoms with Gasteiger partial charge in [-0.15, -0.1) is 6.58 Å². The van der Waals surface area contributed by atoms with Crippen molar-refractivity contribution in [1.82, 2.24) is 0 Å². The average Bonchev–Trinajstić information content (AvgIpc) is 2.54. The van der Waals surface area contributed by atoms with Crippen LogP contribution in [0.5, 0.6) is 11.5 Å². The van der Waals surface area contributed by atoms with Gasteiger partial charge in [0.1, 0.15) is 0 Å². The van der Waals surface area contributed by atoms with Gasteiger partial charge in [-0.05, 0) is 64.9 Å². The van der Waals surface area contributed by atoms with Gasteiger partial charge in [-0.1, -0.05) is 18.2 Å². The predicted molar refractivity (Wildman–Crippen MR) is 100 cm³/mol. The molecule has 0 unspecified atom stereocenters. The van der Waals surface area contributed by atoms with E-state index in [0.717, 1.165) is 21.2 Å². The van der Waals surface area contributed by atoms with E-state index >= 15 is 0 Å². The van der Waals surface area contributed by atoms with Crippen LogP contribution in [0, 0.1) is 3.57 Å². The number of hydrogen-bond acceptors (Lipinski definition) is 3. The van der Waals surface area contributed by atoms with Gasteiger partial charge in [-0.2, -0.15) is 0 Å². The lowest BCUT2D eigenvalue weighted by atomic mass is 10.1. The van der Waals surface area contributed by atoms with Crippen LogP contribution >= 0.6 is 22.6 Å². The first-order chi connectivity index (χ1) is 11.1. The van der Waals surface area contributed by atoms with Gasteiger partial charge in [0.15, 0.2) is 18.1 Å². The summed E-state index contributed by atoms with van der Waals surface area (Å²) < 4.78 is 11.9. The molecule has 0 fully saturated rings. The Morgan fingerprint density at radius 3 is 2.78 bits per heavy atom. The SMILES string of the molecule is C=CCc1ccc(OCC(=O)Nc2cccc(I)c2)c(OC)c1. The normalized spacial score (nSPS) is 10.0. The predicted octanol–water partition coefficient (Wildman–Crippen LogP) is 4.05. The molecule has 5 heteroatoms. The fraction of sp³-hybridized carbons (Fsp3) is 0.167. The summed E-state index contributed by atoms with van der Waals surface area (Å²) in [4.78, 5) is 12.0. The quantitative estimate of drug-likeness (QED) is 0.540. The average molecular weight is 423 g/mol. The van der Waals surface area contributed by atoms with Crippen LogP contribution in [-0.4, -0.2) is 19.6 Å². The van der Waals surface area contributed by atoms with E-state index in [1.54, 1.807) is 13.2 Å². The van der Waals surface area contributed by atoms with Crippen molar-refractivity contribution in [3.05, 3.63) is 64.3 Å². The number of anilines is 1. The zero-order valence-corrected chi connectivity index (χ0v) is 15.0. The molecular formula is C18H18INO3. The van der Waals surface area contributed by atoms with Gasteiger partial charge in [-0.25, -0.2) is 0 Å². The molecule has 120 valence electrons. The molecule has 0 saturated carbocycles. The van der Waals surface area contributed by atoms with E-state index in [-0.39, 0.29) is 12.5 Å². The van der Waals surface area contributed by atoms with Crippen molar-refractivity contribution in [3.63, 3.8) is 0 Å². The topological polar surface area (TPSA) is 47.6 Å². The second kappa shape index (κ2) is 8.57. The van der Waals surface area contributed by atoms with Crippen LogP contribution in [0.1, 0.15) is 5.56 Å². The lowest BCUT2D eigenvalue weighted by Crippen LogP contribution is -2.20. The maximum atomic E-state index is 12.0. The van der Waals surface area contributed by atoms with Gasteiger partial charge >= 0.3 is 0 Å². The molecule has 0 aliphatic rings. The first-order valence-corrected chi connectivity index (χ1v) is 8.16. The minimum atomic E-state index is -0.218. The Balaban J connectivity index is 1.97. The van der Waals surface area contributed by atoms with E-state index in [2.05, 4.69) is 34.5 Å². The van der Waals surface area contributed by atoms with Crippen molar-refractivity contribution in [2.45, 2.75) is 6.42 Å². The first kappa shape index (κ1) is 17.3. The van der Waals surface area contributed by atoms with Gasteiger partial charge in [-0.3, -0.25) is 4.79 Å². The van der Waals surface area contributed by atoms with Crippen molar-refractivity contribution >= 4 is 34.2 Å². The lowest BCUT2D eigenvalue weighted by Gasteiger charge is -2.12. The van der Waals surface area contributed by atoms with Crippen LogP contribution in [0.25, 0.3) is 0 Å². The molecule has 1 amide bonds. The molecule has 0 aliphatic heterocycles. The number of hydrogen-bond donors (Lipinski definition) is 1. The van der Waals surface area contributed by atoms with Crippen molar-refractivity contribution < 1.29 is 14.3 Å². The molecule has 4 nitrogen and oxygen atoms in total. The van der Waals surface area contributed by atoms with Crippen LogP contribution in [-0.2, 0) is 11.2 Å². The van der Waals surface area contributed by atoms with E-state index in [0.29, 0.717) is 11.5 Å². The maximum Gasteiger partial charge on any atom is 0.262 e. The molecule has 0 aromatic heterocycles. The summed E-state index contributed by atoms with van der Waals surface area (Å²) >= 11 is 2.20. The molecular weight excluding hydrogens is 405 g/mol. The second-order valence-corrected chi connectivity index (χ2v) is 6.07. The summed E-state index contributed by atoms with van der Waals surface area (Å²) in [5, 5.41) is 2.80. The summed E-state index contributed by atoms with van der Waals surface area (Å²) in [6.45, 7) is 3.63. The summed E-state index contributed by atoms with van der Waals surface area (Å²) in [5.41, 5.74) is 1.83. The molecule has 0 radical (unpaired) electrons. The molecule has 2 aromatic rings. The Labute approximate surface area is 149 Å². The largest absolute Gasteiger partial charge is 0.493 e. The number of benzene rings is 2. The van der Waals surface area contributed by atoms with Crippen LogP contribution < -0.4 is 14.8 Å². The molecule has 2 aromatic carbocycles. The zero-order chi connectivity index (χ0) is 16.7. The van der Waals surface area contributed by atoms with Crippen molar-refractivity contribution in [2.24, 2.45) is 0 Å². The zero-order valence-electron chi connectivity index (χ0n) is 12.8. The minimum absolute atomic E-state index is 0.0807. The minimum Gasteiger partial charge on any atom is -0.493 e. The standard InChI is InChI=1S/C18H18INO3/c1-3-5-13-8-9-16(17(10-13)22-2)23-12-18(21)20-15-7-4-6-14(19)11-15/h3-4,6-11H,1,5,12H2,2H3,(H,20,21). The fourth-order valence-corrected chi connectivity index (χ4v) is 2.57. The number of allylic oxidation sites excluding steroid dienone is 1. The number of carbonyl (C=O) groups is 1. The molecule has 0 aliphatic carbocycles. The summed E-state index contributed by atoms with van der Waals surface area (Å²) in [6.07, 6.45) is 2.58. The van der Waals surface area contributed by atoms with E-state index in [1.807, 2.05) is 42.5 Å². The molecule has 0 saturated heterocycles. The lowest BCUT2D eigenvalue weighted by molar-refractivity contribution is -0.118. The molecule has 2 rings (SSSR count). The second-order valence-electron chi connectivity index (χ2n) is 4.83. The van der Waals surface area contributed by atoms with Crippen LogP contribution in [0.15, 0.2) is 55.1 Å². The molecule has 0 heterocycles. The Kier molecular flexibility index (Phi) is 6.46. The Morgan fingerprint density at radius 1 is 1.26 bits per heavy atom. The van der Waals surface area contributed by atoms with Gasteiger partial charge in [0.25, 0.3) is 5.91 Å². The highest BCUT2D eigenvalue weighted by Crippen LogP contribution is 2.28. The van der Waals surface area contributed by atoms with Gasteiger partial charge in [0.05, 0.1) is 7.11 Å². The Morgan fingerprint density at radius 2 is 2.09 bits per heavy atom. The third-order valence-electron chi connectivity index (χ3n) is 3.08. The van der Waals surface area contributed by atoms with Crippen molar-refractivity contribution in [2.75, 3.05) is 19.0 Å². The maximum absolute atomic E-state index is 12.0. The Bertz CT molecular complexity index is 700. The monoisotopic (exact) mass is 423 g/mol. The molecule has 23 heavy (non-hydrogen) atoms. The first-order valence-electron chi connectivity index (χ1n) is 7.08. The number of carbonyl (C=O) groups excluding carboxylic acids is 1. The van der Waals surface area contributed by atoms with E-state index in [9.17, 15) is 4.79 Å². The molecule has 0 bridgehead atoms. The third-order valence-corrected chi connectivity index (χ3v) is 3.75. The highest BCUT2D eigenvalue weighted by Gasteiger charge is 2.09. The molecule has 0 spiro atoms. The van der Waals surface area contributed by atoms with Crippen LogP contribution in [0.3, 0.4) is 0 Å². The summed E-state index contributed by atoms with van der Waals surface area (Å²) in [5.74, 6) is 0.925. The number of halogens is 1. The van der Waals surface area contributed by atoms with E-state index in [1.165, 1.54) is 0 Å². The highest BCUT2D eigenvalue weighted by molar-refractivity contribution is 14.1. The fourth-order valence-electron chi connectivity index (χ4n) is 2.03. The number of rotatable bonds is 7. The molecule has 0 atom stereocenters. The van der Waals surface area contributed by atoms with E-state index < -0.39 is 0 Å². The number of amides is 1. The van der Waals surface area contributed by atoms with Crippen LogP contribution in [0.4, 0.5) is 5.69 Å². The highest BCUT2D eigenvalue weighted by atomic mass is 127. The molecule has 1 N–H and O–H groups in total. The van der Waals surface area contributed by atoms with Crippen molar-refractivity contribution in [3.8, 4) is 11.5 Å². The Hall–Kier alpha value is -2.02. The van der Waals surface area contributed by atoms with Gasteiger partial charge < -0.3 is 14.8 Å².